The van der Waals surface area contributed by atoms with Crippen LogP contribution in [0.2, 0.25) is 0 Å². The molecule has 0 fully saturated rings. The Morgan fingerprint density at radius 1 is 0.500 bits per heavy atom. The summed E-state index contributed by atoms with van der Waals surface area (Å²) in [5, 5.41) is 5.07. The van der Waals surface area contributed by atoms with Crippen molar-refractivity contribution in [1.29, 1.82) is 0 Å². The van der Waals surface area contributed by atoms with Crippen molar-refractivity contribution in [3.05, 3.63) is 157 Å². The van der Waals surface area contributed by atoms with Crippen LogP contribution in [0.15, 0.2) is 152 Å². The summed E-state index contributed by atoms with van der Waals surface area (Å²) in [5.74, 6) is 0.945. The summed E-state index contributed by atoms with van der Waals surface area (Å²) in [6.07, 6.45) is 2.19. The molecule has 0 radical (unpaired) electrons. The van der Waals surface area contributed by atoms with Gasteiger partial charge in [0.05, 0.1) is 11.0 Å². The second-order valence-corrected chi connectivity index (χ2v) is 11.5. The van der Waals surface area contributed by atoms with Crippen molar-refractivity contribution >= 4 is 32.6 Å². The van der Waals surface area contributed by atoms with Gasteiger partial charge < -0.3 is 0 Å². The summed E-state index contributed by atoms with van der Waals surface area (Å²) in [6, 6.07) is 54.8. The van der Waals surface area contributed by atoms with Crippen molar-refractivity contribution in [2.24, 2.45) is 0 Å². The van der Waals surface area contributed by atoms with Gasteiger partial charge in [0.2, 0.25) is 0 Å². The Bertz CT molecular complexity index is 2260. The van der Waals surface area contributed by atoms with Crippen molar-refractivity contribution in [2.45, 2.75) is 19.8 Å². The molecule has 2 heteroatoms. The summed E-state index contributed by atoms with van der Waals surface area (Å²) in [4.78, 5) is 5.13. The standard InChI is InChI=1S/C42H32N2/c1-2-14-29-23-25-34-36(27-29)40(30-15-6-3-7-16-30)35-26-24-33(28-37(35)41(34)31-17-8-4-9-18-31)44-39-22-13-12-21-38(39)43-42(44)32-19-10-5-11-20-32/h3-13,15-28H,2,14H2,1H3. The van der Waals surface area contributed by atoms with E-state index in [-0.39, 0.29) is 0 Å². The molecular formula is C42H32N2. The summed E-state index contributed by atoms with van der Waals surface area (Å²) >= 11 is 0. The normalized spacial score (nSPS) is 11.5. The molecule has 210 valence electrons. The Hall–Kier alpha value is -5.47. The second-order valence-electron chi connectivity index (χ2n) is 11.5. The molecule has 8 aromatic rings. The van der Waals surface area contributed by atoms with E-state index in [0.717, 1.165) is 41.0 Å². The zero-order valence-electron chi connectivity index (χ0n) is 24.7. The zero-order chi connectivity index (χ0) is 29.5. The number of imidazole rings is 1. The Balaban J connectivity index is 1.51. The Kier molecular flexibility index (Phi) is 6.53. The fourth-order valence-electron chi connectivity index (χ4n) is 6.75. The second kappa shape index (κ2) is 11.0. The molecule has 44 heavy (non-hydrogen) atoms. The topological polar surface area (TPSA) is 17.8 Å². The van der Waals surface area contributed by atoms with Crippen molar-refractivity contribution in [3.63, 3.8) is 0 Å². The molecule has 8 rings (SSSR count). The lowest BCUT2D eigenvalue weighted by Crippen LogP contribution is -1.99. The molecule has 1 aromatic heterocycles. The molecule has 0 bridgehead atoms. The van der Waals surface area contributed by atoms with Gasteiger partial charge >= 0.3 is 0 Å². The quantitative estimate of drug-likeness (QED) is 0.184. The number of benzene rings is 7. The molecule has 7 aromatic carbocycles. The lowest BCUT2D eigenvalue weighted by molar-refractivity contribution is 0.924. The number of fused-ring (bicyclic) bond motifs is 3. The van der Waals surface area contributed by atoms with Gasteiger partial charge in [-0.3, -0.25) is 4.57 Å². The van der Waals surface area contributed by atoms with E-state index in [4.69, 9.17) is 4.98 Å². The van der Waals surface area contributed by atoms with E-state index < -0.39 is 0 Å². The maximum absolute atomic E-state index is 5.13. The van der Waals surface area contributed by atoms with Gasteiger partial charge in [0.1, 0.15) is 5.82 Å². The highest BCUT2D eigenvalue weighted by Gasteiger charge is 2.20. The minimum Gasteiger partial charge on any atom is -0.292 e. The van der Waals surface area contributed by atoms with Crippen LogP contribution in [0, 0.1) is 0 Å². The number of rotatable bonds is 6. The van der Waals surface area contributed by atoms with Crippen LogP contribution in [-0.2, 0) is 6.42 Å². The molecule has 0 aliphatic carbocycles. The van der Waals surface area contributed by atoms with Crippen molar-refractivity contribution in [3.8, 4) is 39.3 Å². The van der Waals surface area contributed by atoms with Crippen molar-refractivity contribution in [2.75, 3.05) is 0 Å². The van der Waals surface area contributed by atoms with Crippen molar-refractivity contribution < 1.29 is 0 Å². The Morgan fingerprint density at radius 2 is 1.05 bits per heavy atom. The third-order valence-corrected chi connectivity index (χ3v) is 8.68. The first-order chi connectivity index (χ1) is 21.8. The smallest absolute Gasteiger partial charge is 0.145 e. The van der Waals surface area contributed by atoms with Crippen LogP contribution in [0.3, 0.4) is 0 Å². The monoisotopic (exact) mass is 564 g/mol. The lowest BCUT2D eigenvalue weighted by Gasteiger charge is -2.20. The number of hydrogen-bond acceptors (Lipinski definition) is 1. The van der Waals surface area contributed by atoms with Crippen LogP contribution in [0.4, 0.5) is 0 Å². The molecule has 1 heterocycles. The average molecular weight is 565 g/mol. The third-order valence-electron chi connectivity index (χ3n) is 8.68. The van der Waals surface area contributed by atoms with Crippen LogP contribution in [-0.4, -0.2) is 9.55 Å². The predicted octanol–water partition coefficient (Wildman–Crippen LogP) is 11.3. The SMILES string of the molecule is CCCc1ccc2c(-c3ccccc3)c3cc(-n4c(-c5ccccc5)nc5ccccc54)ccc3c(-c3ccccc3)c2c1. The predicted molar refractivity (Wildman–Crippen MR) is 186 cm³/mol. The molecule has 0 saturated heterocycles. The number of nitrogens with zero attached hydrogens (tertiary/aromatic N) is 2. The van der Waals surface area contributed by atoms with Crippen LogP contribution in [0.5, 0.6) is 0 Å². The van der Waals surface area contributed by atoms with Gasteiger partial charge in [-0.05, 0) is 80.0 Å². The molecule has 0 amide bonds. The summed E-state index contributed by atoms with van der Waals surface area (Å²) < 4.78 is 2.32. The number of hydrogen-bond donors (Lipinski definition) is 0. The fraction of sp³-hybridized carbons (Fsp3) is 0.0714. The Morgan fingerprint density at radius 3 is 1.68 bits per heavy atom. The molecule has 0 aliphatic heterocycles. The molecule has 2 nitrogen and oxygen atoms in total. The summed E-state index contributed by atoms with van der Waals surface area (Å²) in [5.41, 5.74) is 10.7. The van der Waals surface area contributed by atoms with Gasteiger partial charge in [-0.25, -0.2) is 4.98 Å². The highest BCUT2D eigenvalue weighted by atomic mass is 15.1. The fourth-order valence-corrected chi connectivity index (χ4v) is 6.75. The van der Waals surface area contributed by atoms with Gasteiger partial charge in [-0.2, -0.15) is 0 Å². The molecule has 0 N–H and O–H groups in total. The Labute approximate surface area is 257 Å². The highest BCUT2D eigenvalue weighted by molar-refractivity contribution is 6.21. The average Bonchev–Trinajstić information content (AvgIpc) is 3.48. The molecule has 0 unspecified atom stereocenters. The van der Waals surface area contributed by atoms with E-state index in [9.17, 15) is 0 Å². The van der Waals surface area contributed by atoms with Crippen LogP contribution in [0.1, 0.15) is 18.9 Å². The largest absolute Gasteiger partial charge is 0.292 e. The molecule has 0 atom stereocenters. The molecule has 0 aliphatic rings. The maximum atomic E-state index is 5.13. The van der Waals surface area contributed by atoms with E-state index in [1.165, 1.54) is 49.4 Å². The zero-order valence-corrected chi connectivity index (χ0v) is 24.7. The van der Waals surface area contributed by atoms with Gasteiger partial charge in [0.15, 0.2) is 0 Å². The van der Waals surface area contributed by atoms with E-state index in [2.05, 4.69) is 163 Å². The lowest BCUT2D eigenvalue weighted by atomic mass is 9.85. The van der Waals surface area contributed by atoms with Crippen LogP contribution >= 0.6 is 0 Å². The number of aryl methyl sites for hydroxylation is 1. The minimum atomic E-state index is 0.945. The maximum Gasteiger partial charge on any atom is 0.145 e. The minimum absolute atomic E-state index is 0.945. The van der Waals surface area contributed by atoms with E-state index >= 15 is 0 Å². The van der Waals surface area contributed by atoms with E-state index in [1.807, 2.05) is 0 Å². The van der Waals surface area contributed by atoms with E-state index in [0.29, 0.717) is 0 Å². The number of aromatic nitrogens is 2. The summed E-state index contributed by atoms with van der Waals surface area (Å²) in [7, 11) is 0. The van der Waals surface area contributed by atoms with Crippen LogP contribution in [0.25, 0.3) is 71.9 Å². The first kappa shape index (κ1) is 26.2. The third kappa shape index (κ3) is 4.39. The van der Waals surface area contributed by atoms with Gasteiger partial charge in [0.25, 0.3) is 0 Å². The molecule has 0 spiro atoms. The van der Waals surface area contributed by atoms with E-state index in [1.54, 1.807) is 0 Å². The first-order valence-corrected chi connectivity index (χ1v) is 15.5. The molecule has 0 saturated carbocycles. The molecular weight excluding hydrogens is 532 g/mol. The first-order valence-electron chi connectivity index (χ1n) is 15.5. The van der Waals surface area contributed by atoms with Gasteiger partial charge in [0, 0.05) is 11.3 Å². The van der Waals surface area contributed by atoms with Gasteiger partial charge in [-0.1, -0.05) is 141 Å². The van der Waals surface area contributed by atoms with Crippen molar-refractivity contribution in [1.82, 2.24) is 9.55 Å². The van der Waals surface area contributed by atoms with Gasteiger partial charge in [-0.15, -0.1) is 0 Å². The number of para-hydroxylation sites is 2. The van der Waals surface area contributed by atoms with Crippen LogP contribution < -0.4 is 0 Å². The highest BCUT2D eigenvalue weighted by Crippen LogP contribution is 2.45. The summed E-state index contributed by atoms with van der Waals surface area (Å²) in [6.45, 7) is 2.25.